The van der Waals surface area contributed by atoms with Crippen molar-refractivity contribution in [1.82, 2.24) is 15.1 Å². The van der Waals surface area contributed by atoms with Gasteiger partial charge in [0.15, 0.2) is 0 Å². The quantitative estimate of drug-likeness (QED) is 0.923. The highest BCUT2D eigenvalue weighted by atomic mass is 79.9. The van der Waals surface area contributed by atoms with Crippen molar-refractivity contribution >= 4 is 15.9 Å². The summed E-state index contributed by atoms with van der Waals surface area (Å²) in [7, 11) is 2.00. The summed E-state index contributed by atoms with van der Waals surface area (Å²) < 4.78 is 9.03. The number of rotatable bonds is 4. The van der Waals surface area contributed by atoms with Crippen molar-refractivity contribution < 1.29 is 4.74 Å². The first-order valence-electron chi connectivity index (χ1n) is 7.03. The van der Waals surface area contributed by atoms with Crippen LogP contribution in [0.2, 0.25) is 0 Å². The van der Waals surface area contributed by atoms with Gasteiger partial charge in [0.05, 0.1) is 34.6 Å². The van der Waals surface area contributed by atoms with E-state index in [-0.39, 0.29) is 12.1 Å². The number of halogens is 1. The number of hydrogen-bond donors (Lipinski definition) is 1. The average molecular weight is 330 g/mol. The molecule has 5 unspecified atom stereocenters. The van der Waals surface area contributed by atoms with Crippen LogP contribution in [0.4, 0.5) is 0 Å². The van der Waals surface area contributed by atoms with Gasteiger partial charge in [-0.1, -0.05) is 13.8 Å². The molecule has 1 aliphatic rings. The SMILES string of the molecule is CCNC(c1c(Br)cnn1C)C1C(C)OC(C)C1C. The van der Waals surface area contributed by atoms with Crippen molar-refractivity contribution in [2.24, 2.45) is 18.9 Å². The minimum atomic E-state index is 0.260. The van der Waals surface area contributed by atoms with Gasteiger partial charge in [0.1, 0.15) is 0 Å². The van der Waals surface area contributed by atoms with Crippen LogP contribution in [0.1, 0.15) is 39.4 Å². The predicted molar refractivity (Wildman–Crippen MR) is 80.0 cm³/mol. The Morgan fingerprint density at radius 1 is 1.42 bits per heavy atom. The molecule has 108 valence electrons. The maximum atomic E-state index is 6.01. The molecule has 0 aliphatic carbocycles. The van der Waals surface area contributed by atoms with Crippen LogP contribution in [-0.2, 0) is 11.8 Å². The second-order valence-corrected chi connectivity index (χ2v) is 6.37. The zero-order valence-electron chi connectivity index (χ0n) is 12.4. The van der Waals surface area contributed by atoms with E-state index in [4.69, 9.17) is 4.74 Å². The van der Waals surface area contributed by atoms with Crippen LogP contribution in [0.5, 0.6) is 0 Å². The fraction of sp³-hybridized carbons (Fsp3) is 0.786. The molecule has 4 nitrogen and oxygen atoms in total. The Morgan fingerprint density at radius 2 is 2.11 bits per heavy atom. The average Bonchev–Trinajstić information content (AvgIpc) is 2.79. The van der Waals surface area contributed by atoms with Gasteiger partial charge in [0.2, 0.25) is 0 Å². The van der Waals surface area contributed by atoms with Gasteiger partial charge in [-0.05, 0) is 42.2 Å². The molecule has 0 bridgehead atoms. The Bertz CT molecular complexity index is 415. The summed E-state index contributed by atoms with van der Waals surface area (Å²) in [6.45, 7) is 9.72. The van der Waals surface area contributed by atoms with Crippen LogP contribution in [0, 0.1) is 11.8 Å². The van der Waals surface area contributed by atoms with E-state index in [9.17, 15) is 0 Å². The molecule has 19 heavy (non-hydrogen) atoms. The Labute approximate surface area is 124 Å². The van der Waals surface area contributed by atoms with Gasteiger partial charge in [0.25, 0.3) is 0 Å². The first kappa shape index (κ1) is 15.0. The fourth-order valence-corrected chi connectivity index (χ4v) is 3.87. The standard InChI is InChI=1S/C14H24BrN3O/c1-6-16-13(14-11(15)7-17-18(14)5)12-8(2)9(3)19-10(12)4/h7-10,12-13,16H,6H2,1-5H3. The van der Waals surface area contributed by atoms with E-state index in [0.29, 0.717) is 17.9 Å². The normalized spacial score (nSPS) is 32.7. The topological polar surface area (TPSA) is 39.1 Å². The maximum Gasteiger partial charge on any atom is 0.0696 e. The largest absolute Gasteiger partial charge is 0.375 e. The number of hydrogen-bond acceptors (Lipinski definition) is 3. The van der Waals surface area contributed by atoms with Crippen LogP contribution in [0.3, 0.4) is 0 Å². The third-order valence-electron chi connectivity index (χ3n) is 4.36. The van der Waals surface area contributed by atoms with Crippen LogP contribution in [0.15, 0.2) is 10.7 Å². The van der Waals surface area contributed by atoms with Crippen LogP contribution in [-0.4, -0.2) is 28.5 Å². The Morgan fingerprint density at radius 3 is 2.53 bits per heavy atom. The molecule has 2 heterocycles. The highest BCUT2D eigenvalue weighted by molar-refractivity contribution is 9.10. The molecule has 0 amide bonds. The molecule has 1 saturated heterocycles. The molecule has 1 fully saturated rings. The lowest BCUT2D eigenvalue weighted by Crippen LogP contribution is -2.36. The summed E-state index contributed by atoms with van der Waals surface area (Å²) in [5, 5.41) is 7.97. The summed E-state index contributed by atoms with van der Waals surface area (Å²) in [5.74, 6) is 0.988. The van der Waals surface area contributed by atoms with Crippen molar-refractivity contribution in [2.45, 2.75) is 45.9 Å². The molecule has 5 heteroatoms. The van der Waals surface area contributed by atoms with E-state index in [1.807, 2.05) is 17.9 Å². The lowest BCUT2D eigenvalue weighted by atomic mass is 9.82. The van der Waals surface area contributed by atoms with Crippen LogP contribution in [0.25, 0.3) is 0 Å². The molecule has 0 radical (unpaired) electrons. The van der Waals surface area contributed by atoms with Gasteiger partial charge in [-0.25, -0.2) is 0 Å². The smallest absolute Gasteiger partial charge is 0.0696 e. The number of ether oxygens (including phenoxy) is 1. The van der Waals surface area contributed by atoms with Crippen LogP contribution < -0.4 is 5.32 Å². The molecular formula is C14H24BrN3O. The Balaban J connectivity index is 2.35. The van der Waals surface area contributed by atoms with E-state index in [2.05, 4.69) is 54.0 Å². The lowest BCUT2D eigenvalue weighted by molar-refractivity contribution is 0.0472. The summed E-state index contributed by atoms with van der Waals surface area (Å²) >= 11 is 3.63. The molecular weight excluding hydrogens is 306 g/mol. The zero-order valence-corrected chi connectivity index (χ0v) is 13.9. The van der Waals surface area contributed by atoms with Crippen molar-refractivity contribution in [3.8, 4) is 0 Å². The van der Waals surface area contributed by atoms with Crippen molar-refractivity contribution in [2.75, 3.05) is 6.54 Å². The highest BCUT2D eigenvalue weighted by Crippen LogP contribution is 2.41. The maximum absolute atomic E-state index is 6.01. The Hall–Kier alpha value is -0.390. The third-order valence-corrected chi connectivity index (χ3v) is 4.97. The number of nitrogens with one attached hydrogen (secondary N) is 1. The predicted octanol–water partition coefficient (Wildman–Crippen LogP) is 2.89. The molecule has 1 aromatic rings. The van der Waals surface area contributed by atoms with Crippen molar-refractivity contribution in [1.29, 1.82) is 0 Å². The first-order chi connectivity index (χ1) is 8.97. The summed E-state index contributed by atoms with van der Waals surface area (Å²) in [5.41, 5.74) is 1.21. The molecule has 1 N–H and O–H groups in total. The summed E-state index contributed by atoms with van der Waals surface area (Å²) in [6, 6.07) is 0.266. The molecule has 1 aliphatic heterocycles. The van der Waals surface area contributed by atoms with E-state index in [1.165, 1.54) is 5.69 Å². The fourth-order valence-electron chi connectivity index (χ4n) is 3.27. The van der Waals surface area contributed by atoms with Gasteiger partial charge in [0, 0.05) is 13.0 Å². The third kappa shape index (κ3) is 2.73. The number of aryl methyl sites for hydroxylation is 1. The summed E-state index contributed by atoms with van der Waals surface area (Å²) in [6.07, 6.45) is 2.44. The van der Waals surface area contributed by atoms with E-state index in [1.54, 1.807) is 0 Å². The monoisotopic (exact) mass is 329 g/mol. The minimum Gasteiger partial charge on any atom is -0.375 e. The first-order valence-corrected chi connectivity index (χ1v) is 7.82. The minimum absolute atomic E-state index is 0.260. The second-order valence-electron chi connectivity index (χ2n) is 5.52. The zero-order chi connectivity index (χ0) is 14.2. The van der Waals surface area contributed by atoms with Crippen molar-refractivity contribution in [3.63, 3.8) is 0 Å². The summed E-state index contributed by atoms with van der Waals surface area (Å²) in [4.78, 5) is 0. The molecule has 0 spiro atoms. The number of aromatic nitrogens is 2. The van der Waals surface area contributed by atoms with Crippen molar-refractivity contribution in [3.05, 3.63) is 16.4 Å². The second kappa shape index (κ2) is 5.94. The molecule has 0 saturated carbocycles. The van der Waals surface area contributed by atoms with Gasteiger partial charge in [-0.3, -0.25) is 4.68 Å². The Kier molecular flexibility index (Phi) is 4.69. The van der Waals surface area contributed by atoms with Crippen LogP contribution >= 0.6 is 15.9 Å². The van der Waals surface area contributed by atoms with Gasteiger partial charge < -0.3 is 10.1 Å². The van der Waals surface area contributed by atoms with Gasteiger partial charge in [-0.2, -0.15) is 5.10 Å². The lowest BCUT2D eigenvalue weighted by Gasteiger charge is -2.30. The number of nitrogens with zero attached hydrogens (tertiary/aromatic N) is 2. The molecule has 1 aromatic heterocycles. The molecule has 2 rings (SSSR count). The van der Waals surface area contributed by atoms with E-state index >= 15 is 0 Å². The van der Waals surface area contributed by atoms with E-state index in [0.717, 1.165) is 11.0 Å². The molecule has 5 atom stereocenters. The van der Waals surface area contributed by atoms with Gasteiger partial charge in [-0.15, -0.1) is 0 Å². The molecule has 0 aromatic carbocycles. The highest BCUT2D eigenvalue weighted by Gasteiger charge is 2.43. The van der Waals surface area contributed by atoms with Gasteiger partial charge >= 0.3 is 0 Å². The van der Waals surface area contributed by atoms with E-state index < -0.39 is 0 Å².